The predicted molar refractivity (Wildman–Crippen MR) is 133 cm³/mol. The standard InChI is InChI=1S/C29H34O11/c1-26-18-12-20(29(26)15-37-29)38-19-10-16(13-30)5-8-27(19,26)14-35-22(32)11-17-6-9-36-28(7-3-2-4-21(31)39-18)23(33)25(34)40-24(17)28/h2,4,10-11,18-20,23-24,30,33H,3,5-9,12-15H2,1H3. The lowest BCUT2D eigenvalue weighted by atomic mass is 9.51. The molecule has 0 amide bonds. The van der Waals surface area contributed by atoms with Crippen LogP contribution in [0.5, 0.6) is 0 Å². The largest absolute Gasteiger partial charge is 0.462 e. The Balaban J connectivity index is 1.30. The second-order valence-electron chi connectivity index (χ2n) is 12.3. The van der Waals surface area contributed by atoms with Crippen LogP contribution in [0.3, 0.4) is 0 Å². The van der Waals surface area contributed by atoms with Gasteiger partial charge in [0.15, 0.2) is 12.2 Å². The van der Waals surface area contributed by atoms with Gasteiger partial charge in [-0.25, -0.2) is 14.4 Å². The fourth-order valence-corrected chi connectivity index (χ4v) is 8.39. The van der Waals surface area contributed by atoms with Crippen molar-refractivity contribution in [3.05, 3.63) is 35.5 Å². The molecule has 40 heavy (non-hydrogen) atoms. The number of hydrogen-bond acceptors (Lipinski definition) is 11. The van der Waals surface area contributed by atoms with Crippen LogP contribution >= 0.6 is 0 Å². The van der Waals surface area contributed by atoms with Crippen molar-refractivity contribution < 1.29 is 53.0 Å². The molecule has 9 atom stereocenters. The van der Waals surface area contributed by atoms with Crippen molar-refractivity contribution in [2.75, 3.05) is 26.4 Å². The maximum absolute atomic E-state index is 13.4. The number of ether oxygens (including phenoxy) is 6. The first kappa shape index (κ1) is 26.3. The van der Waals surface area contributed by atoms with E-state index in [4.69, 9.17) is 28.4 Å². The van der Waals surface area contributed by atoms with Crippen molar-refractivity contribution in [1.29, 1.82) is 0 Å². The molecule has 2 aliphatic carbocycles. The first-order valence-corrected chi connectivity index (χ1v) is 14.1. The van der Waals surface area contributed by atoms with Crippen molar-refractivity contribution >= 4 is 17.9 Å². The van der Waals surface area contributed by atoms with E-state index in [1.54, 1.807) is 6.08 Å². The van der Waals surface area contributed by atoms with E-state index in [0.29, 0.717) is 44.3 Å². The molecule has 2 N–H and O–H groups in total. The van der Waals surface area contributed by atoms with Gasteiger partial charge in [-0.3, -0.25) is 0 Å². The maximum atomic E-state index is 13.4. The minimum absolute atomic E-state index is 0.0254. The Morgan fingerprint density at radius 1 is 1.02 bits per heavy atom. The molecule has 11 nitrogen and oxygen atoms in total. The summed E-state index contributed by atoms with van der Waals surface area (Å²) < 4.78 is 36.2. The van der Waals surface area contributed by atoms with Gasteiger partial charge in [-0.1, -0.05) is 19.1 Å². The summed E-state index contributed by atoms with van der Waals surface area (Å²) in [6.07, 6.45) is 4.86. The molecule has 4 saturated heterocycles. The molecule has 5 heterocycles. The van der Waals surface area contributed by atoms with Crippen LogP contribution < -0.4 is 0 Å². The molecule has 216 valence electrons. The number of aliphatic hydroxyl groups excluding tert-OH is 2. The zero-order valence-corrected chi connectivity index (χ0v) is 22.3. The van der Waals surface area contributed by atoms with Crippen LogP contribution in [0.4, 0.5) is 0 Å². The Kier molecular flexibility index (Phi) is 5.90. The van der Waals surface area contributed by atoms with E-state index in [1.165, 1.54) is 12.2 Å². The van der Waals surface area contributed by atoms with Crippen LogP contribution in [-0.2, 0) is 42.8 Å². The highest BCUT2D eigenvalue weighted by Gasteiger charge is 2.83. The number of epoxide rings is 1. The van der Waals surface area contributed by atoms with Gasteiger partial charge in [0.25, 0.3) is 0 Å². The fourth-order valence-electron chi connectivity index (χ4n) is 8.39. The van der Waals surface area contributed by atoms with Gasteiger partial charge in [0.2, 0.25) is 0 Å². The van der Waals surface area contributed by atoms with Crippen molar-refractivity contribution in [2.45, 2.75) is 87.2 Å². The average Bonchev–Trinajstić information content (AvgIpc) is 3.68. The summed E-state index contributed by atoms with van der Waals surface area (Å²) in [5.41, 5.74) is -2.17. The molecule has 1 saturated carbocycles. The third-order valence-corrected chi connectivity index (χ3v) is 10.8. The fraction of sp³-hybridized carbons (Fsp3) is 0.690. The Hall–Kier alpha value is -2.57. The highest BCUT2D eigenvalue weighted by molar-refractivity contribution is 5.85. The molecule has 0 aromatic rings. The van der Waals surface area contributed by atoms with Crippen molar-refractivity contribution in [3.63, 3.8) is 0 Å². The van der Waals surface area contributed by atoms with Crippen LogP contribution in [-0.4, -0.2) is 96.3 Å². The van der Waals surface area contributed by atoms with Gasteiger partial charge < -0.3 is 38.6 Å². The molecule has 4 bridgehead atoms. The minimum atomic E-state index is -1.52. The third kappa shape index (κ3) is 3.38. The summed E-state index contributed by atoms with van der Waals surface area (Å²) >= 11 is 0. The molecule has 5 aliphatic heterocycles. The number of carbonyl (C=O) groups is 3. The highest BCUT2D eigenvalue weighted by atomic mass is 16.6. The van der Waals surface area contributed by atoms with E-state index < -0.39 is 64.4 Å². The number of esters is 3. The SMILES string of the molecule is CC12C3CC(OC4C=C(CO)CCC41COC(=O)C=C1CCOC4(CCC=CC(=O)O3)C(O)C(=O)OC14)C21CO1. The van der Waals surface area contributed by atoms with E-state index in [1.807, 2.05) is 6.08 Å². The van der Waals surface area contributed by atoms with E-state index in [0.717, 1.165) is 5.57 Å². The van der Waals surface area contributed by atoms with Crippen molar-refractivity contribution in [2.24, 2.45) is 10.8 Å². The van der Waals surface area contributed by atoms with Gasteiger partial charge in [-0.15, -0.1) is 0 Å². The molecule has 0 radical (unpaired) electrons. The van der Waals surface area contributed by atoms with Crippen LogP contribution in [0.15, 0.2) is 35.5 Å². The smallest absolute Gasteiger partial charge is 0.338 e. The molecular weight excluding hydrogens is 524 g/mol. The van der Waals surface area contributed by atoms with Crippen molar-refractivity contribution in [1.82, 2.24) is 0 Å². The zero-order chi connectivity index (χ0) is 27.9. The van der Waals surface area contributed by atoms with Crippen LogP contribution in [0.2, 0.25) is 0 Å². The second-order valence-corrected chi connectivity index (χ2v) is 12.3. The van der Waals surface area contributed by atoms with Gasteiger partial charge in [-0.2, -0.15) is 0 Å². The Morgan fingerprint density at radius 3 is 2.62 bits per heavy atom. The molecule has 0 aromatic carbocycles. The van der Waals surface area contributed by atoms with Gasteiger partial charge in [-0.05, 0) is 43.3 Å². The van der Waals surface area contributed by atoms with Gasteiger partial charge in [0, 0.05) is 24.0 Å². The summed E-state index contributed by atoms with van der Waals surface area (Å²) in [5, 5.41) is 20.6. The maximum Gasteiger partial charge on any atom is 0.338 e. The predicted octanol–water partition coefficient (Wildman–Crippen LogP) is 0.809. The Morgan fingerprint density at radius 2 is 1.85 bits per heavy atom. The van der Waals surface area contributed by atoms with Gasteiger partial charge >= 0.3 is 17.9 Å². The molecule has 9 unspecified atom stereocenters. The number of cyclic esters (lactones) is 1. The molecule has 0 aromatic heterocycles. The highest BCUT2D eigenvalue weighted by Crippen LogP contribution is 2.72. The molecule has 7 aliphatic rings. The van der Waals surface area contributed by atoms with E-state index in [-0.39, 0.29) is 32.3 Å². The lowest BCUT2D eigenvalue weighted by Gasteiger charge is -2.58. The lowest BCUT2D eigenvalue weighted by molar-refractivity contribution is -0.232. The normalized spacial score (nSPS) is 47.9. The summed E-state index contributed by atoms with van der Waals surface area (Å²) in [6.45, 7) is 2.58. The lowest BCUT2D eigenvalue weighted by Crippen LogP contribution is -2.66. The minimum Gasteiger partial charge on any atom is -0.462 e. The van der Waals surface area contributed by atoms with Gasteiger partial charge in [0.1, 0.15) is 23.9 Å². The summed E-state index contributed by atoms with van der Waals surface area (Å²) in [4.78, 5) is 38.9. The number of allylic oxidation sites excluding steroid dienone is 1. The molecule has 11 heteroatoms. The van der Waals surface area contributed by atoms with Crippen LogP contribution in [0.1, 0.15) is 45.4 Å². The van der Waals surface area contributed by atoms with Crippen molar-refractivity contribution in [3.8, 4) is 0 Å². The summed E-state index contributed by atoms with van der Waals surface area (Å²) in [7, 11) is 0. The first-order chi connectivity index (χ1) is 19.2. The van der Waals surface area contributed by atoms with E-state index >= 15 is 0 Å². The topological polar surface area (TPSA) is 150 Å². The van der Waals surface area contributed by atoms with Crippen LogP contribution in [0, 0.1) is 10.8 Å². The quantitative estimate of drug-likeness (QED) is 0.204. The monoisotopic (exact) mass is 558 g/mol. The van der Waals surface area contributed by atoms with Crippen LogP contribution in [0.25, 0.3) is 0 Å². The molecule has 7 rings (SSSR count). The second kappa shape index (κ2) is 8.96. The number of carbonyl (C=O) groups excluding carboxylic acids is 3. The van der Waals surface area contributed by atoms with E-state index in [2.05, 4.69) is 6.92 Å². The molecular formula is C29H34O11. The Labute approximate surface area is 231 Å². The number of rotatable bonds is 1. The third-order valence-electron chi connectivity index (χ3n) is 10.8. The Bertz CT molecular complexity index is 1230. The van der Waals surface area contributed by atoms with Gasteiger partial charge in [0.05, 0.1) is 37.4 Å². The first-order valence-electron chi connectivity index (χ1n) is 14.1. The average molecular weight is 559 g/mol. The van der Waals surface area contributed by atoms with E-state index in [9.17, 15) is 24.6 Å². The number of aliphatic hydroxyl groups is 2. The summed E-state index contributed by atoms with van der Waals surface area (Å²) in [6, 6.07) is 0. The summed E-state index contributed by atoms with van der Waals surface area (Å²) in [5.74, 6) is -1.94. The molecule has 2 spiro atoms. The number of hydrogen-bond donors (Lipinski definition) is 2. The zero-order valence-electron chi connectivity index (χ0n) is 22.3. The molecule has 5 fully saturated rings.